The standard InChI is InChI=1S/C13H14BrF5N2O/c14-8-1-2-10(22-13(17,18)19)9(7-8)11(12(15)16)21-5-3-20-4-6-21/h1-2,7,11-12,20H,3-6H2/t11-/m1/s1. The molecule has 1 aromatic rings. The Bertz CT molecular complexity index is 506. The highest BCUT2D eigenvalue weighted by molar-refractivity contribution is 9.10. The van der Waals surface area contributed by atoms with E-state index in [-0.39, 0.29) is 5.56 Å². The molecule has 0 saturated carbocycles. The SMILES string of the molecule is FC(F)[C@@H](c1cc(Br)ccc1OC(F)(F)F)N1CCNCC1. The van der Waals surface area contributed by atoms with Crippen molar-refractivity contribution in [2.75, 3.05) is 26.2 Å². The summed E-state index contributed by atoms with van der Waals surface area (Å²) in [4.78, 5) is 1.46. The van der Waals surface area contributed by atoms with Gasteiger partial charge in [-0.25, -0.2) is 8.78 Å². The lowest BCUT2D eigenvalue weighted by molar-refractivity contribution is -0.275. The van der Waals surface area contributed by atoms with Crippen molar-refractivity contribution in [3.8, 4) is 5.75 Å². The molecular weight excluding hydrogens is 375 g/mol. The maximum Gasteiger partial charge on any atom is 0.573 e. The van der Waals surface area contributed by atoms with Gasteiger partial charge in [0.1, 0.15) is 11.8 Å². The Morgan fingerprint density at radius 1 is 1.18 bits per heavy atom. The fourth-order valence-corrected chi connectivity index (χ4v) is 2.80. The minimum absolute atomic E-state index is 0.177. The summed E-state index contributed by atoms with van der Waals surface area (Å²) >= 11 is 3.10. The Labute approximate surface area is 132 Å². The van der Waals surface area contributed by atoms with Gasteiger partial charge in [-0.2, -0.15) is 0 Å². The molecule has 0 unspecified atom stereocenters. The molecule has 9 heteroatoms. The molecule has 0 aromatic heterocycles. The van der Waals surface area contributed by atoms with Crippen LogP contribution in [0, 0.1) is 0 Å². The molecule has 1 aliphatic heterocycles. The van der Waals surface area contributed by atoms with Crippen molar-refractivity contribution in [3.05, 3.63) is 28.2 Å². The van der Waals surface area contributed by atoms with E-state index in [0.29, 0.717) is 30.7 Å². The minimum atomic E-state index is -4.93. The van der Waals surface area contributed by atoms with Gasteiger partial charge in [-0.05, 0) is 18.2 Å². The first-order valence-corrected chi connectivity index (χ1v) is 7.35. The van der Waals surface area contributed by atoms with Gasteiger partial charge in [0.25, 0.3) is 6.43 Å². The van der Waals surface area contributed by atoms with Crippen molar-refractivity contribution in [1.29, 1.82) is 0 Å². The minimum Gasteiger partial charge on any atom is -0.405 e. The number of hydrogen-bond donors (Lipinski definition) is 1. The van der Waals surface area contributed by atoms with Gasteiger partial charge in [-0.3, -0.25) is 4.90 Å². The second-order valence-corrected chi connectivity index (χ2v) is 5.71. The summed E-state index contributed by atoms with van der Waals surface area (Å²) in [6.45, 7) is 1.67. The first-order valence-electron chi connectivity index (χ1n) is 6.56. The molecule has 0 aliphatic carbocycles. The van der Waals surface area contributed by atoms with Crippen molar-refractivity contribution in [2.45, 2.75) is 18.8 Å². The summed E-state index contributed by atoms with van der Waals surface area (Å²) < 4.78 is 68.8. The summed E-state index contributed by atoms with van der Waals surface area (Å²) in [6, 6.07) is 2.17. The van der Waals surface area contributed by atoms with Gasteiger partial charge in [0.15, 0.2) is 0 Å². The molecule has 1 fully saturated rings. The van der Waals surface area contributed by atoms with Crippen LogP contribution < -0.4 is 10.1 Å². The molecule has 0 amide bonds. The predicted octanol–water partition coefficient (Wildman–Crippen LogP) is 3.56. The van der Waals surface area contributed by atoms with Crippen LogP contribution in [0.3, 0.4) is 0 Å². The Morgan fingerprint density at radius 3 is 2.36 bits per heavy atom. The molecule has 1 aliphatic rings. The van der Waals surface area contributed by atoms with Gasteiger partial charge < -0.3 is 10.1 Å². The zero-order valence-corrected chi connectivity index (χ0v) is 12.9. The van der Waals surface area contributed by atoms with Crippen LogP contribution in [0.25, 0.3) is 0 Å². The quantitative estimate of drug-likeness (QED) is 0.798. The fourth-order valence-electron chi connectivity index (χ4n) is 2.42. The van der Waals surface area contributed by atoms with Crippen LogP contribution >= 0.6 is 15.9 Å². The van der Waals surface area contributed by atoms with E-state index in [0.717, 1.165) is 6.07 Å². The van der Waals surface area contributed by atoms with Crippen molar-refractivity contribution in [1.82, 2.24) is 10.2 Å². The summed E-state index contributed by atoms with van der Waals surface area (Å²) in [5, 5.41) is 3.02. The Hall–Kier alpha value is -0.930. The number of benzene rings is 1. The molecule has 3 nitrogen and oxygen atoms in total. The second kappa shape index (κ2) is 7.10. The van der Waals surface area contributed by atoms with E-state index < -0.39 is 24.6 Å². The molecule has 0 bridgehead atoms. The highest BCUT2D eigenvalue weighted by atomic mass is 79.9. The number of hydrogen-bond acceptors (Lipinski definition) is 3. The van der Waals surface area contributed by atoms with Crippen molar-refractivity contribution in [3.63, 3.8) is 0 Å². The Morgan fingerprint density at radius 2 is 1.82 bits per heavy atom. The molecular formula is C13H14BrF5N2O. The molecule has 0 spiro atoms. The van der Waals surface area contributed by atoms with Gasteiger partial charge in [0.05, 0.1) is 0 Å². The smallest absolute Gasteiger partial charge is 0.405 e. The van der Waals surface area contributed by atoms with E-state index in [4.69, 9.17) is 0 Å². The molecule has 1 heterocycles. The van der Waals surface area contributed by atoms with Gasteiger partial charge in [0, 0.05) is 36.2 Å². The number of nitrogens with one attached hydrogen (secondary N) is 1. The van der Waals surface area contributed by atoms with E-state index in [1.54, 1.807) is 0 Å². The zero-order chi connectivity index (χ0) is 16.3. The van der Waals surface area contributed by atoms with E-state index in [2.05, 4.69) is 26.0 Å². The molecule has 124 valence electrons. The van der Waals surface area contributed by atoms with E-state index in [9.17, 15) is 22.0 Å². The third-order valence-corrected chi connectivity index (χ3v) is 3.79. The highest BCUT2D eigenvalue weighted by Gasteiger charge is 2.37. The first-order chi connectivity index (χ1) is 10.3. The maximum absolute atomic E-state index is 13.5. The lowest BCUT2D eigenvalue weighted by Gasteiger charge is -2.35. The van der Waals surface area contributed by atoms with E-state index >= 15 is 0 Å². The number of rotatable bonds is 4. The highest BCUT2D eigenvalue weighted by Crippen LogP contribution is 2.38. The number of nitrogens with zero attached hydrogens (tertiary/aromatic N) is 1. The summed E-state index contributed by atoms with van der Waals surface area (Å²) in [5.41, 5.74) is -0.177. The first kappa shape index (κ1) is 17.4. The number of ether oxygens (including phenoxy) is 1. The third-order valence-electron chi connectivity index (χ3n) is 3.30. The molecule has 1 aromatic carbocycles. The molecule has 1 atom stereocenters. The molecule has 2 rings (SSSR count). The predicted molar refractivity (Wildman–Crippen MR) is 74.0 cm³/mol. The van der Waals surface area contributed by atoms with Crippen LogP contribution in [0.1, 0.15) is 11.6 Å². The summed E-state index contributed by atoms with van der Waals surface area (Å²) in [6.07, 6.45) is -7.76. The lowest BCUT2D eigenvalue weighted by Crippen LogP contribution is -2.47. The number of halogens is 6. The van der Waals surface area contributed by atoms with Crippen molar-refractivity contribution >= 4 is 15.9 Å². The van der Waals surface area contributed by atoms with Gasteiger partial charge in [0.2, 0.25) is 0 Å². The summed E-state index contributed by atoms with van der Waals surface area (Å²) in [7, 11) is 0. The maximum atomic E-state index is 13.5. The second-order valence-electron chi connectivity index (χ2n) is 4.80. The van der Waals surface area contributed by atoms with Crippen LogP contribution in [0.15, 0.2) is 22.7 Å². The van der Waals surface area contributed by atoms with Crippen molar-refractivity contribution in [2.24, 2.45) is 0 Å². The number of alkyl halides is 5. The van der Waals surface area contributed by atoms with Crippen LogP contribution in [0.2, 0.25) is 0 Å². The normalized spacial score (nSPS) is 18.5. The number of piperazine rings is 1. The molecule has 1 saturated heterocycles. The zero-order valence-electron chi connectivity index (χ0n) is 11.3. The molecule has 22 heavy (non-hydrogen) atoms. The molecule has 0 radical (unpaired) electrons. The average molecular weight is 389 g/mol. The fraction of sp³-hybridized carbons (Fsp3) is 0.538. The van der Waals surface area contributed by atoms with Crippen LogP contribution in [0.5, 0.6) is 5.75 Å². The Kier molecular flexibility index (Phi) is 5.62. The molecule has 1 N–H and O–H groups in total. The van der Waals surface area contributed by atoms with E-state index in [1.165, 1.54) is 17.0 Å². The van der Waals surface area contributed by atoms with Crippen molar-refractivity contribution < 1.29 is 26.7 Å². The monoisotopic (exact) mass is 388 g/mol. The summed E-state index contributed by atoms with van der Waals surface area (Å²) in [5.74, 6) is -0.598. The topological polar surface area (TPSA) is 24.5 Å². The Balaban J connectivity index is 2.38. The van der Waals surface area contributed by atoms with E-state index in [1.807, 2.05) is 0 Å². The van der Waals surface area contributed by atoms with Gasteiger partial charge >= 0.3 is 6.36 Å². The average Bonchev–Trinajstić information content (AvgIpc) is 2.41. The lowest BCUT2D eigenvalue weighted by atomic mass is 10.0. The largest absolute Gasteiger partial charge is 0.573 e. The van der Waals surface area contributed by atoms with Crippen LogP contribution in [0.4, 0.5) is 22.0 Å². The third kappa shape index (κ3) is 4.53. The van der Waals surface area contributed by atoms with Gasteiger partial charge in [-0.15, -0.1) is 13.2 Å². The van der Waals surface area contributed by atoms with Crippen LogP contribution in [-0.2, 0) is 0 Å². The van der Waals surface area contributed by atoms with Crippen LogP contribution in [-0.4, -0.2) is 43.9 Å². The van der Waals surface area contributed by atoms with Gasteiger partial charge in [-0.1, -0.05) is 15.9 Å².